The Morgan fingerprint density at radius 3 is 2.52 bits per heavy atom. The molecule has 1 aliphatic rings. The Morgan fingerprint density at radius 1 is 1.28 bits per heavy atom. The summed E-state index contributed by atoms with van der Waals surface area (Å²) in [7, 11) is 0. The Bertz CT molecular complexity index is 548. The number of hydrogen-bond donors (Lipinski definition) is 3. The summed E-state index contributed by atoms with van der Waals surface area (Å²) in [6, 6.07) is 8.93. The highest BCUT2D eigenvalue weighted by Crippen LogP contribution is 2.26. The van der Waals surface area contributed by atoms with Crippen molar-refractivity contribution in [3.63, 3.8) is 0 Å². The first kappa shape index (κ1) is 21.4. The second-order valence-corrected chi connectivity index (χ2v) is 6.49. The molecule has 140 valence electrons. The van der Waals surface area contributed by atoms with Gasteiger partial charge in [-0.3, -0.25) is 9.59 Å². The normalized spacial score (nSPS) is 19.0. The summed E-state index contributed by atoms with van der Waals surface area (Å²) in [6.07, 6.45) is 1.86. The van der Waals surface area contributed by atoms with Gasteiger partial charge in [0.15, 0.2) is 0 Å². The lowest BCUT2D eigenvalue weighted by Crippen LogP contribution is -2.48. The van der Waals surface area contributed by atoms with Gasteiger partial charge in [0.25, 0.3) is 0 Å². The van der Waals surface area contributed by atoms with Gasteiger partial charge in [0.1, 0.15) is 0 Å². The lowest BCUT2D eigenvalue weighted by Gasteiger charge is -2.25. The van der Waals surface area contributed by atoms with Gasteiger partial charge in [-0.15, -0.1) is 12.4 Å². The minimum Gasteiger partial charge on any atom is -0.376 e. The van der Waals surface area contributed by atoms with Crippen LogP contribution < -0.4 is 16.4 Å². The number of halogens is 1. The summed E-state index contributed by atoms with van der Waals surface area (Å²) >= 11 is 0. The molecule has 3 atom stereocenters. The van der Waals surface area contributed by atoms with Crippen LogP contribution in [-0.4, -0.2) is 37.1 Å². The third kappa shape index (κ3) is 6.30. The largest absolute Gasteiger partial charge is 0.376 e. The molecule has 0 radical (unpaired) electrons. The molecule has 4 N–H and O–H groups in total. The van der Waals surface area contributed by atoms with E-state index in [1.807, 2.05) is 44.2 Å². The smallest absolute Gasteiger partial charge is 0.239 e. The van der Waals surface area contributed by atoms with Gasteiger partial charge in [-0.1, -0.05) is 44.2 Å². The highest BCUT2D eigenvalue weighted by atomic mass is 35.5. The molecule has 2 rings (SSSR count). The summed E-state index contributed by atoms with van der Waals surface area (Å²) in [5.74, 6) is -0.533. The van der Waals surface area contributed by atoms with Crippen molar-refractivity contribution in [1.29, 1.82) is 0 Å². The van der Waals surface area contributed by atoms with E-state index in [0.29, 0.717) is 6.61 Å². The average Bonchev–Trinajstić information content (AvgIpc) is 3.11. The summed E-state index contributed by atoms with van der Waals surface area (Å²) in [6.45, 7) is 4.36. The topological polar surface area (TPSA) is 93.5 Å². The monoisotopic (exact) mass is 369 g/mol. The summed E-state index contributed by atoms with van der Waals surface area (Å²) < 4.78 is 5.74. The van der Waals surface area contributed by atoms with Gasteiger partial charge >= 0.3 is 0 Å². The fourth-order valence-electron chi connectivity index (χ4n) is 2.73. The van der Waals surface area contributed by atoms with Crippen LogP contribution in [0.5, 0.6) is 0 Å². The van der Waals surface area contributed by atoms with E-state index in [1.54, 1.807) is 0 Å². The van der Waals surface area contributed by atoms with Crippen molar-refractivity contribution in [1.82, 2.24) is 10.6 Å². The third-order valence-electron chi connectivity index (χ3n) is 4.26. The Balaban J connectivity index is 0.00000312. The highest BCUT2D eigenvalue weighted by molar-refractivity contribution is 5.87. The number of hydrogen-bond acceptors (Lipinski definition) is 4. The summed E-state index contributed by atoms with van der Waals surface area (Å²) in [5.41, 5.74) is 6.78. The number of benzene rings is 1. The fourth-order valence-corrected chi connectivity index (χ4v) is 2.73. The van der Waals surface area contributed by atoms with Gasteiger partial charge < -0.3 is 21.1 Å². The lowest BCUT2D eigenvalue weighted by atomic mass is 9.99. The van der Waals surface area contributed by atoms with Gasteiger partial charge in [0.05, 0.1) is 24.7 Å². The molecule has 2 amide bonds. The number of carbonyl (C=O) groups is 2. The molecular weight excluding hydrogens is 342 g/mol. The number of amides is 2. The molecule has 2 unspecified atom stereocenters. The van der Waals surface area contributed by atoms with Crippen molar-refractivity contribution >= 4 is 24.2 Å². The van der Waals surface area contributed by atoms with E-state index < -0.39 is 6.04 Å². The minimum atomic E-state index is -0.610. The van der Waals surface area contributed by atoms with Crippen molar-refractivity contribution in [2.45, 2.75) is 44.9 Å². The van der Waals surface area contributed by atoms with E-state index in [9.17, 15) is 9.59 Å². The molecule has 7 heteroatoms. The van der Waals surface area contributed by atoms with E-state index in [4.69, 9.17) is 10.5 Å². The molecular formula is C18H28ClN3O3. The van der Waals surface area contributed by atoms with Crippen LogP contribution in [0.25, 0.3) is 0 Å². The van der Waals surface area contributed by atoms with E-state index in [0.717, 1.165) is 18.4 Å². The van der Waals surface area contributed by atoms with E-state index >= 15 is 0 Å². The first-order chi connectivity index (χ1) is 11.5. The molecule has 1 heterocycles. The van der Waals surface area contributed by atoms with Gasteiger partial charge in [-0.2, -0.15) is 0 Å². The van der Waals surface area contributed by atoms with E-state index in [-0.39, 0.29) is 48.8 Å². The molecule has 25 heavy (non-hydrogen) atoms. The van der Waals surface area contributed by atoms with Crippen LogP contribution in [0.15, 0.2) is 30.3 Å². The molecule has 0 aromatic heterocycles. The lowest BCUT2D eigenvalue weighted by molar-refractivity contribution is -0.128. The van der Waals surface area contributed by atoms with Gasteiger partial charge in [-0.05, 0) is 24.3 Å². The van der Waals surface area contributed by atoms with Gasteiger partial charge in [0, 0.05) is 6.61 Å². The molecule has 1 saturated heterocycles. The van der Waals surface area contributed by atoms with Crippen LogP contribution in [-0.2, 0) is 14.3 Å². The summed E-state index contributed by atoms with van der Waals surface area (Å²) in [5, 5.41) is 5.57. The molecule has 0 spiro atoms. The standard InChI is InChI=1S/C18H27N3O3.ClH/c1-12(2)16(19)18(23)20-11-15(22)21-17(14-9-6-10-24-14)13-7-4-3-5-8-13;/h3-5,7-8,12,14,16-17H,6,9-11,19H2,1-2H3,(H,20,23)(H,21,22);1H/t14?,16-,17?;/m0./s1. The number of ether oxygens (including phenoxy) is 1. The van der Waals surface area contributed by atoms with Crippen molar-refractivity contribution < 1.29 is 14.3 Å². The minimum absolute atomic E-state index is 0. The highest BCUT2D eigenvalue weighted by Gasteiger charge is 2.28. The zero-order chi connectivity index (χ0) is 17.5. The average molecular weight is 370 g/mol. The predicted octanol–water partition coefficient (Wildman–Crippen LogP) is 1.54. The molecule has 0 aliphatic carbocycles. The van der Waals surface area contributed by atoms with Gasteiger partial charge in [-0.25, -0.2) is 0 Å². The molecule has 1 fully saturated rings. The van der Waals surface area contributed by atoms with Crippen LogP contribution in [0, 0.1) is 5.92 Å². The third-order valence-corrected chi connectivity index (χ3v) is 4.26. The second-order valence-electron chi connectivity index (χ2n) is 6.49. The number of rotatable bonds is 7. The zero-order valence-corrected chi connectivity index (χ0v) is 15.6. The number of carbonyl (C=O) groups excluding carboxylic acids is 2. The Kier molecular flexibility index (Phi) is 8.89. The van der Waals surface area contributed by atoms with E-state index in [2.05, 4.69) is 10.6 Å². The van der Waals surface area contributed by atoms with Crippen molar-refractivity contribution in [2.24, 2.45) is 11.7 Å². The predicted molar refractivity (Wildman–Crippen MR) is 99.4 cm³/mol. The quantitative estimate of drug-likeness (QED) is 0.679. The number of nitrogens with one attached hydrogen (secondary N) is 2. The van der Waals surface area contributed by atoms with Crippen LogP contribution in [0.2, 0.25) is 0 Å². The molecule has 0 saturated carbocycles. The maximum absolute atomic E-state index is 12.3. The maximum atomic E-state index is 12.3. The van der Waals surface area contributed by atoms with Crippen molar-refractivity contribution in [2.75, 3.05) is 13.2 Å². The van der Waals surface area contributed by atoms with Crippen LogP contribution in [0.1, 0.15) is 38.3 Å². The molecule has 1 aliphatic heterocycles. The second kappa shape index (κ2) is 10.4. The molecule has 1 aromatic carbocycles. The number of nitrogens with two attached hydrogens (primary N) is 1. The molecule has 1 aromatic rings. The Morgan fingerprint density at radius 2 is 1.96 bits per heavy atom. The molecule has 0 bridgehead atoms. The van der Waals surface area contributed by atoms with E-state index in [1.165, 1.54) is 0 Å². The van der Waals surface area contributed by atoms with Crippen LogP contribution >= 0.6 is 12.4 Å². The summed E-state index contributed by atoms with van der Waals surface area (Å²) in [4.78, 5) is 24.1. The van der Waals surface area contributed by atoms with Crippen molar-refractivity contribution in [3.8, 4) is 0 Å². The fraction of sp³-hybridized carbons (Fsp3) is 0.556. The van der Waals surface area contributed by atoms with Crippen LogP contribution in [0.4, 0.5) is 0 Å². The van der Waals surface area contributed by atoms with Gasteiger partial charge in [0.2, 0.25) is 11.8 Å². The van der Waals surface area contributed by atoms with Crippen LogP contribution in [0.3, 0.4) is 0 Å². The zero-order valence-electron chi connectivity index (χ0n) is 14.7. The Hall–Kier alpha value is -1.63. The molecule has 6 nitrogen and oxygen atoms in total. The Labute approximate surface area is 155 Å². The first-order valence-electron chi connectivity index (χ1n) is 8.48. The first-order valence-corrected chi connectivity index (χ1v) is 8.48. The maximum Gasteiger partial charge on any atom is 0.239 e. The SMILES string of the molecule is CC(C)[C@H](N)C(=O)NCC(=O)NC(c1ccccc1)C1CCCO1.Cl. The van der Waals surface area contributed by atoms with Crippen molar-refractivity contribution in [3.05, 3.63) is 35.9 Å².